The Kier molecular flexibility index (Phi) is 6.79. The zero-order valence-electron chi connectivity index (χ0n) is 18.8. The standard InChI is InChI=1S/C28H30O4/c1-31-25-16-20(17-26(18-25)32-2)15-24-8-4-6-21-5-3-7-22(27(21)24)12-9-19-10-13-23(14-11-19)28(29)30/h3,5,7,10-11,13-14,16-18,24H,4,6,8-9,12,15H2,1-2H3,(H,29,30). The minimum Gasteiger partial charge on any atom is -0.497 e. The fourth-order valence-electron chi connectivity index (χ4n) is 4.88. The topological polar surface area (TPSA) is 55.8 Å². The number of hydrogen-bond donors (Lipinski definition) is 1. The van der Waals surface area contributed by atoms with E-state index in [1.807, 2.05) is 18.2 Å². The van der Waals surface area contributed by atoms with Gasteiger partial charge in [0.25, 0.3) is 0 Å². The third kappa shape index (κ3) is 4.96. The van der Waals surface area contributed by atoms with Gasteiger partial charge in [-0.2, -0.15) is 0 Å². The van der Waals surface area contributed by atoms with Crippen molar-refractivity contribution < 1.29 is 19.4 Å². The van der Waals surface area contributed by atoms with Gasteiger partial charge in [-0.05, 0) is 96.5 Å². The van der Waals surface area contributed by atoms with E-state index < -0.39 is 5.97 Å². The normalized spacial score (nSPS) is 15.1. The molecule has 0 fully saturated rings. The largest absolute Gasteiger partial charge is 0.497 e. The van der Waals surface area contributed by atoms with Crippen LogP contribution >= 0.6 is 0 Å². The van der Waals surface area contributed by atoms with Crippen LogP contribution in [0.2, 0.25) is 0 Å². The summed E-state index contributed by atoms with van der Waals surface area (Å²) < 4.78 is 10.9. The molecule has 0 bridgehead atoms. The van der Waals surface area contributed by atoms with Crippen molar-refractivity contribution in [3.63, 3.8) is 0 Å². The molecule has 1 aliphatic carbocycles. The Bertz CT molecular complexity index is 1060. The molecule has 32 heavy (non-hydrogen) atoms. The van der Waals surface area contributed by atoms with Crippen molar-refractivity contribution in [2.24, 2.45) is 0 Å². The minimum atomic E-state index is -0.884. The van der Waals surface area contributed by atoms with Gasteiger partial charge in [-0.15, -0.1) is 0 Å². The van der Waals surface area contributed by atoms with Crippen LogP contribution in [0.1, 0.15) is 56.9 Å². The van der Waals surface area contributed by atoms with Crippen molar-refractivity contribution in [2.75, 3.05) is 14.2 Å². The van der Waals surface area contributed by atoms with Gasteiger partial charge in [0.05, 0.1) is 19.8 Å². The average molecular weight is 431 g/mol. The van der Waals surface area contributed by atoms with E-state index in [0.29, 0.717) is 11.5 Å². The molecular formula is C28H30O4. The molecule has 0 saturated heterocycles. The number of carboxylic acids is 1. The summed E-state index contributed by atoms with van der Waals surface area (Å²) >= 11 is 0. The quantitative estimate of drug-likeness (QED) is 0.487. The van der Waals surface area contributed by atoms with Crippen LogP contribution in [-0.2, 0) is 25.7 Å². The first-order valence-corrected chi connectivity index (χ1v) is 11.2. The predicted octanol–water partition coefficient (Wildman–Crippen LogP) is 5.85. The van der Waals surface area contributed by atoms with E-state index in [-0.39, 0.29) is 0 Å². The van der Waals surface area contributed by atoms with Gasteiger partial charge in [0.2, 0.25) is 0 Å². The molecule has 4 nitrogen and oxygen atoms in total. The molecule has 1 atom stereocenters. The van der Waals surface area contributed by atoms with Crippen LogP contribution in [-0.4, -0.2) is 25.3 Å². The van der Waals surface area contributed by atoms with Gasteiger partial charge < -0.3 is 14.6 Å². The Morgan fingerprint density at radius 3 is 2.31 bits per heavy atom. The highest BCUT2D eigenvalue weighted by Gasteiger charge is 2.23. The number of fused-ring (bicyclic) bond motifs is 1. The number of carboxylic acid groups (broad SMARTS) is 1. The monoisotopic (exact) mass is 430 g/mol. The van der Waals surface area contributed by atoms with Crippen LogP contribution in [0.3, 0.4) is 0 Å². The Hall–Kier alpha value is -3.27. The molecule has 4 rings (SSSR count). The van der Waals surface area contributed by atoms with E-state index in [0.717, 1.165) is 42.7 Å². The molecule has 0 saturated carbocycles. The summed E-state index contributed by atoms with van der Waals surface area (Å²) in [5.41, 5.74) is 7.11. The maximum Gasteiger partial charge on any atom is 0.335 e. The Balaban J connectivity index is 1.56. The van der Waals surface area contributed by atoms with E-state index in [1.165, 1.54) is 35.1 Å². The zero-order valence-corrected chi connectivity index (χ0v) is 18.8. The number of ether oxygens (including phenoxy) is 2. The van der Waals surface area contributed by atoms with Crippen LogP contribution < -0.4 is 9.47 Å². The van der Waals surface area contributed by atoms with Gasteiger partial charge in [-0.1, -0.05) is 30.3 Å². The second-order valence-corrected chi connectivity index (χ2v) is 8.51. The molecule has 0 heterocycles. The van der Waals surface area contributed by atoms with Crippen molar-refractivity contribution in [2.45, 2.75) is 44.4 Å². The molecule has 3 aromatic carbocycles. The maximum atomic E-state index is 11.1. The number of rotatable bonds is 8. The highest BCUT2D eigenvalue weighted by molar-refractivity contribution is 5.87. The summed E-state index contributed by atoms with van der Waals surface area (Å²) in [6.45, 7) is 0. The minimum absolute atomic E-state index is 0.333. The van der Waals surface area contributed by atoms with Crippen LogP contribution in [0.25, 0.3) is 0 Å². The molecule has 1 unspecified atom stereocenters. The molecule has 0 spiro atoms. The van der Waals surface area contributed by atoms with Crippen molar-refractivity contribution in [3.8, 4) is 11.5 Å². The summed E-state index contributed by atoms with van der Waals surface area (Å²) in [4.78, 5) is 11.1. The first-order valence-electron chi connectivity index (χ1n) is 11.2. The van der Waals surface area contributed by atoms with Crippen molar-refractivity contribution in [1.82, 2.24) is 0 Å². The molecule has 3 aromatic rings. The van der Waals surface area contributed by atoms with Crippen molar-refractivity contribution >= 4 is 5.97 Å². The summed E-state index contributed by atoms with van der Waals surface area (Å²) in [6, 6.07) is 20.1. The summed E-state index contributed by atoms with van der Waals surface area (Å²) in [7, 11) is 3.38. The fraction of sp³-hybridized carbons (Fsp3) is 0.321. The van der Waals surface area contributed by atoms with Gasteiger partial charge in [0, 0.05) is 6.07 Å². The van der Waals surface area contributed by atoms with Gasteiger partial charge in [-0.3, -0.25) is 0 Å². The Morgan fingerprint density at radius 1 is 0.938 bits per heavy atom. The molecule has 166 valence electrons. The van der Waals surface area contributed by atoms with Gasteiger partial charge >= 0.3 is 5.97 Å². The number of methoxy groups -OCH3 is 2. The highest BCUT2D eigenvalue weighted by Crippen LogP contribution is 2.38. The lowest BCUT2D eigenvalue weighted by Crippen LogP contribution is -2.15. The van der Waals surface area contributed by atoms with E-state index in [1.54, 1.807) is 26.4 Å². The smallest absolute Gasteiger partial charge is 0.335 e. The molecular weight excluding hydrogens is 400 g/mol. The van der Waals surface area contributed by atoms with Gasteiger partial charge in [-0.25, -0.2) is 4.79 Å². The lowest BCUT2D eigenvalue weighted by atomic mass is 9.76. The summed E-state index contributed by atoms with van der Waals surface area (Å²) in [5, 5.41) is 9.12. The molecule has 4 heteroatoms. The van der Waals surface area contributed by atoms with Crippen LogP contribution in [0.5, 0.6) is 11.5 Å². The Morgan fingerprint density at radius 2 is 1.66 bits per heavy atom. The third-order valence-corrected chi connectivity index (χ3v) is 6.47. The van der Waals surface area contributed by atoms with Gasteiger partial charge in [0.1, 0.15) is 11.5 Å². The molecule has 0 aliphatic heterocycles. The van der Waals surface area contributed by atoms with Crippen LogP contribution in [0, 0.1) is 0 Å². The second kappa shape index (κ2) is 9.90. The van der Waals surface area contributed by atoms with E-state index in [2.05, 4.69) is 30.3 Å². The van der Waals surface area contributed by atoms with E-state index in [4.69, 9.17) is 14.6 Å². The lowest BCUT2D eigenvalue weighted by molar-refractivity contribution is 0.0697. The first-order chi connectivity index (χ1) is 15.6. The van der Waals surface area contributed by atoms with E-state index in [9.17, 15) is 4.79 Å². The van der Waals surface area contributed by atoms with Gasteiger partial charge in [0.15, 0.2) is 0 Å². The number of aryl methyl sites for hydroxylation is 3. The zero-order chi connectivity index (χ0) is 22.5. The Labute approximate surface area is 189 Å². The van der Waals surface area contributed by atoms with E-state index >= 15 is 0 Å². The molecule has 0 amide bonds. The molecule has 0 radical (unpaired) electrons. The predicted molar refractivity (Wildman–Crippen MR) is 126 cm³/mol. The third-order valence-electron chi connectivity index (χ3n) is 6.47. The lowest BCUT2D eigenvalue weighted by Gasteiger charge is -2.29. The highest BCUT2D eigenvalue weighted by atomic mass is 16.5. The van der Waals surface area contributed by atoms with Crippen LogP contribution in [0.15, 0.2) is 60.7 Å². The number of aromatic carboxylic acids is 1. The second-order valence-electron chi connectivity index (χ2n) is 8.51. The van der Waals surface area contributed by atoms with Crippen molar-refractivity contribution in [3.05, 3.63) is 94.0 Å². The number of carbonyl (C=O) groups is 1. The van der Waals surface area contributed by atoms with Crippen LogP contribution in [0.4, 0.5) is 0 Å². The number of hydrogen-bond acceptors (Lipinski definition) is 3. The maximum absolute atomic E-state index is 11.1. The molecule has 1 N–H and O–H groups in total. The first kappa shape index (κ1) is 21.9. The molecule has 0 aromatic heterocycles. The number of benzene rings is 3. The fourth-order valence-corrected chi connectivity index (χ4v) is 4.88. The van der Waals surface area contributed by atoms with Crippen molar-refractivity contribution in [1.29, 1.82) is 0 Å². The summed E-state index contributed by atoms with van der Waals surface area (Å²) in [5.74, 6) is 1.24. The molecule has 1 aliphatic rings. The average Bonchev–Trinajstić information content (AvgIpc) is 2.82. The SMILES string of the molecule is COc1cc(CC2CCCc3cccc(CCc4ccc(C(=O)O)cc4)c32)cc(OC)c1. The summed E-state index contributed by atoms with van der Waals surface area (Å²) in [6.07, 6.45) is 6.33.